The number of nitrogens with zero attached hydrogens (tertiary/aromatic N) is 1. The zero-order valence-corrected chi connectivity index (χ0v) is 16.1. The van der Waals surface area contributed by atoms with Crippen molar-refractivity contribution in [3.63, 3.8) is 0 Å². The van der Waals surface area contributed by atoms with Crippen molar-refractivity contribution in [1.29, 1.82) is 0 Å². The molecular weight excluding hydrogens is 336 g/mol. The Labute approximate surface area is 158 Å². The first-order chi connectivity index (χ1) is 11.7. The van der Waals surface area contributed by atoms with E-state index in [-0.39, 0.29) is 18.5 Å². The number of hydrogen-bond donors (Lipinski definition) is 2. The van der Waals surface area contributed by atoms with Gasteiger partial charge in [-0.05, 0) is 75.2 Å². The van der Waals surface area contributed by atoms with Gasteiger partial charge in [-0.2, -0.15) is 0 Å². The highest BCUT2D eigenvalue weighted by molar-refractivity contribution is 5.85. The van der Waals surface area contributed by atoms with E-state index in [1.807, 2.05) is 6.07 Å². The summed E-state index contributed by atoms with van der Waals surface area (Å²) in [5.74, 6) is 1.68. The van der Waals surface area contributed by atoms with Crippen LogP contribution in [0.5, 0.6) is 5.75 Å². The third kappa shape index (κ3) is 6.14. The molecule has 0 amide bonds. The summed E-state index contributed by atoms with van der Waals surface area (Å²) in [6.07, 6.45) is 6.66. The molecule has 1 saturated heterocycles. The number of aliphatic hydroxyl groups excluding tert-OH is 1. The second-order valence-corrected chi connectivity index (χ2v) is 7.46. The predicted octanol–water partition coefficient (Wildman–Crippen LogP) is 3.22. The second kappa shape index (κ2) is 10.4. The molecule has 4 nitrogen and oxygen atoms in total. The number of hydrogen-bond acceptors (Lipinski definition) is 4. The van der Waals surface area contributed by atoms with Gasteiger partial charge in [-0.1, -0.05) is 12.1 Å². The van der Waals surface area contributed by atoms with E-state index < -0.39 is 0 Å². The number of ether oxygens (including phenoxy) is 1. The van der Waals surface area contributed by atoms with Crippen LogP contribution in [0.3, 0.4) is 0 Å². The molecule has 3 rings (SSSR count). The van der Waals surface area contributed by atoms with E-state index in [0.29, 0.717) is 6.04 Å². The lowest BCUT2D eigenvalue weighted by molar-refractivity contribution is 0.0597. The SMILES string of the molecule is COc1cccc(CN(CC2CCCNC2)C2CCC(O)CC2)c1.Cl. The molecule has 2 N–H and O–H groups in total. The maximum Gasteiger partial charge on any atom is 0.119 e. The third-order valence-electron chi connectivity index (χ3n) is 5.59. The van der Waals surface area contributed by atoms with Gasteiger partial charge < -0.3 is 15.2 Å². The minimum absolute atomic E-state index is 0. The Morgan fingerprint density at radius 1 is 1.20 bits per heavy atom. The monoisotopic (exact) mass is 368 g/mol. The largest absolute Gasteiger partial charge is 0.497 e. The van der Waals surface area contributed by atoms with Crippen LogP contribution in [0, 0.1) is 5.92 Å². The van der Waals surface area contributed by atoms with Crippen LogP contribution in [0.4, 0.5) is 0 Å². The second-order valence-electron chi connectivity index (χ2n) is 7.46. The van der Waals surface area contributed by atoms with Crippen LogP contribution in [0.25, 0.3) is 0 Å². The van der Waals surface area contributed by atoms with E-state index in [1.165, 1.54) is 24.9 Å². The Kier molecular flexibility index (Phi) is 8.50. The van der Waals surface area contributed by atoms with Crippen LogP contribution in [0.1, 0.15) is 44.1 Å². The van der Waals surface area contributed by atoms with Crippen molar-refractivity contribution in [2.45, 2.75) is 57.2 Å². The van der Waals surface area contributed by atoms with E-state index in [2.05, 4.69) is 28.4 Å². The van der Waals surface area contributed by atoms with Crippen LogP contribution in [-0.4, -0.2) is 48.9 Å². The summed E-state index contributed by atoms with van der Waals surface area (Å²) in [7, 11) is 1.73. The van der Waals surface area contributed by atoms with Gasteiger partial charge in [-0.3, -0.25) is 4.90 Å². The molecule has 1 saturated carbocycles. The number of aliphatic hydroxyl groups is 1. The molecule has 2 fully saturated rings. The smallest absolute Gasteiger partial charge is 0.119 e. The van der Waals surface area contributed by atoms with E-state index >= 15 is 0 Å². The number of benzene rings is 1. The minimum Gasteiger partial charge on any atom is -0.497 e. The molecule has 1 heterocycles. The molecule has 0 bridgehead atoms. The van der Waals surface area contributed by atoms with Gasteiger partial charge in [0.05, 0.1) is 13.2 Å². The first kappa shape index (κ1) is 20.5. The molecule has 1 aliphatic heterocycles. The van der Waals surface area contributed by atoms with E-state index in [0.717, 1.165) is 57.0 Å². The summed E-state index contributed by atoms with van der Waals surface area (Å²) >= 11 is 0. The zero-order valence-electron chi connectivity index (χ0n) is 15.3. The van der Waals surface area contributed by atoms with Crippen LogP contribution in [0.2, 0.25) is 0 Å². The van der Waals surface area contributed by atoms with Gasteiger partial charge in [0, 0.05) is 19.1 Å². The van der Waals surface area contributed by atoms with Crippen molar-refractivity contribution in [1.82, 2.24) is 10.2 Å². The molecule has 0 radical (unpaired) electrons. The number of rotatable bonds is 6. The van der Waals surface area contributed by atoms with Crippen molar-refractivity contribution >= 4 is 12.4 Å². The van der Waals surface area contributed by atoms with Gasteiger partial charge in [0.25, 0.3) is 0 Å². The fourth-order valence-electron chi connectivity index (χ4n) is 4.18. The van der Waals surface area contributed by atoms with E-state index in [4.69, 9.17) is 4.74 Å². The fraction of sp³-hybridized carbons (Fsp3) is 0.700. The Bertz CT molecular complexity index is 500. The number of piperidine rings is 1. The summed E-state index contributed by atoms with van der Waals surface area (Å²) in [5.41, 5.74) is 1.32. The van der Waals surface area contributed by atoms with E-state index in [1.54, 1.807) is 7.11 Å². The molecular formula is C20H33ClN2O2. The van der Waals surface area contributed by atoms with E-state index in [9.17, 15) is 5.11 Å². The molecule has 1 aromatic rings. The molecule has 1 aliphatic carbocycles. The van der Waals surface area contributed by atoms with Crippen LogP contribution in [0.15, 0.2) is 24.3 Å². The average Bonchev–Trinajstić information content (AvgIpc) is 2.63. The average molecular weight is 369 g/mol. The summed E-state index contributed by atoms with van der Waals surface area (Å²) in [4.78, 5) is 2.66. The zero-order chi connectivity index (χ0) is 16.8. The molecule has 2 aliphatic rings. The molecule has 0 aromatic heterocycles. The van der Waals surface area contributed by atoms with Gasteiger partial charge in [0.1, 0.15) is 5.75 Å². The van der Waals surface area contributed by atoms with Crippen molar-refractivity contribution < 1.29 is 9.84 Å². The van der Waals surface area contributed by atoms with Gasteiger partial charge in [0.15, 0.2) is 0 Å². The number of halogens is 1. The fourth-order valence-corrected chi connectivity index (χ4v) is 4.18. The number of nitrogens with one attached hydrogen (secondary N) is 1. The molecule has 142 valence electrons. The Morgan fingerprint density at radius 3 is 2.68 bits per heavy atom. The first-order valence-electron chi connectivity index (χ1n) is 9.50. The quantitative estimate of drug-likeness (QED) is 0.809. The molecule has 1 atom stereocenters. The predicted molar refractivity (Wildman–Crippen MR) is 105 cm³/mol. The van der Waals surface area contributed by atoms with Crippen molar-refractivity contribution in [3.8, 4) is 5.75 Å². The highest BCUT2D eigenvalue weighted by atomic mass is 35.5. The lowest BCUT2D eigenvalue weighted by Gasteiger charge is -2.38. The van der Waals surface area contributed by atoms with Gasteiger partial charge in [-0.15, -0.1) is 12.4 Å². The summed E-state index contributed by atoms with van der Waals surface area (Å²) in [5, 5.41) is 13.4. The maximum atomic E-state index is 9.84. The van der Waals surface area contributed by atoms with Crippen molar-refractivity contribution in [2.75, 3.05) is 26.7 Å². The Balaban J connectivity index is 0.00000225. The van der Waals surface area contributed by atoms with Crippen molar-refractivity contribution in [3.05, 3.63) is 29.8 Å². The lowest BCUT2D eigenvalue weighted by atomic mass is 9.90. The van der Waals surface area contributed by atoms with Gasteiger partial charge in [0.2, 0.25) is 0 Å². The van der Waals surface area contributed by atoms with Crippen LogP contribution >= 0.6 is 12.4 Å². The molecule has 1 aromatic carbocycles. The standard InChI is InChI=1S/C20H32N2O2.ClH/c1-24-20-6-2-4-16(12-20)14-22(15-17-5-3-11-21-13-17)18-7-9-19(23)10-8-18;/h2,4,6,12,17-19,21,23H,3,5,7-11,13-15H2,1H3;1H. The van der Waals surface area contributed by atoms with Gasteiger partial charge in [-0.25, -0.2) is 0 Å². The summed E-state index contributed by atoms with van der Waals surface area (Å²) in [6, 6.07) is 9.05. The first-order valence-corrected chi connectivity index (χ1v) is 9.50. The third-order valence-corrected chi connectivity index (χ3v) is 5.59. The van der Waals surface area contributed by atoms with Crippen LogP contribution < -0.4 is 10.1 Å². The Hall–Kier alpha value is -0.810. The number of methoxy groups -OCH3 is 1. The van der Waals surface area contributed by atoms with Crippen molar-refractivity contribution in [2.24, 2.45) is 5.92 Å². The lowest BCUT2D eigenvalue weighted by Crippen LogP contribution is -2.44. The molecule has 25 heavy (non-hydrogen) atoms. The summed E-state index contributed by atoms with van der Waals surface area (Å²) < 4.78 is 5.38. The maximum absolute atomic E-state index is 9.84. The molecule has 0 spiro atoms. The van der Waals surface area contributed by atoms with Crippen LogP contribution in [-0.2, 0) is 6.54 Å². The highest BCUT2D eigenvalue weighted by Crippen LogP contribution is 2.27. The minimum atomic E-state index is -0.0868. The van der Waals surface area contributed by atoms with Gasteiger partial charge >= 0.3 is 0 Å². The Morgan fingerprint density at radius 2 is 2.00 bits per heavy atom. The normalized spacial score (nSPS) is 26.9. The molecule has 1 unspecified atom stereocenters. The molecule has 5 heteroatoms. The topological polar surface area (TPSA) is 44.7 Å². The summed E-state index contributed by atoms with van der Waals surface area (Å²) in [6.45, 7) is 4.45. The highest BCUT2D eigenvalue weighted by Gasteiger charge is 2.27.